The molecule has 3 aromatic heterocycles. The largest absolute Gasteiger partial charge is 0.373 e. The molecule has 0 saturated carbocycles. The highest BCUT2D eigenvalue weighted by atomic mass is 32.1. The number of amides is 1. The Bertz CT molecular complexity index is 978. The minimum absolute atomic E-state index is 0.184. The van der Waals surface area contributed by atoms with Gasteiger partial charge in [-0.1, -0.05) is 6.07 Å². The number of hydrogen-bond acceptors (Lipinski definition) is 8. The molecule has 9 heteroatoms. The molecule has 1 N–H and O–H groups in total. The summed E-state index contributed by atoms with van der Waals surface area (Å²) in [7, 11) is 0. The predicted molar refractivity (Wildman–Crippen MR) is 115 cm³/mol. The Morgan fingerprint density at radius 2 is 2.07 bits per heavy atom. The summed E-state index contributed by atoms with van der Waals surface area (Å²) in [5, 5.41) is 6.26. The summed E-state index contributed by atoms with van der Waals surface area (Å²) in [6.45, 7) is 8.55. The van der Waals surface area contributed by atoms with Gasteiger partial charge in [0.2, 0.25) is 0 Å². The normalized spacial score (nSPS) is 20.0. The molecule has 29 heavy (non-hydrogen) atoms. The molecule has 0 bridgehead atoms. The number of rotatable bonds is 5. The van der Waals surface area contributed by atoms with Crippen molar-refractivity contribution in [3.8, 4) is 10.7 Å². The van der Waals surface area contributed by atoms with Crippen molar-refractivity contribution in [3.05, 3.63) is 46.0 Å². The van der Waals surface area contributed by atoms with Gasteiger partial charge in [0.05, 0.1) is 29.3 Å². The van der Waals surface area contributed by atoms with Crippen LogP contribution >= 0.6 is 22.7 Å². The van der Waals surface area contributed by atoms with Crippen LogP contribution in [-0.4, -0.2) is 51.1 Å². The van der Waals surface area contributed by atoms with E-state index in [0.717, 1.165) is 36.0 Å². The van der Waals surface area contributed by atoms with Gasteiger partial charge in [-0.25, -0.2) is 9.97 Å². The minimum Gasteiger partial charge on any atom is -0.373 e. The number of carbonyl (C=O) groups is 1. The van der Waals surface area contributed by atoms with E-state index in [4.69, 9.17) is 4.74 Å². The summed E-state index contributed by atoms with van der Waals surface area (Å²) in [5.74, 6) is -0.184. The van der Waals surface area contributed by atoms with Crippen molar-refractivity contribution in [2.45, 2.75) is 39.5 Å². The quantitative estimate of drug-likeness (QED) is 0.664. The van der Waals surface area contributed by atoms with E-state index in [0.29, 0.717) is 15.7 Å². The molecule has 1 aliphatic rings. The Labute approximate surface area is 177 Å². The van der Waals surface area contributed by atoms with Crippen LogP contribution in [0.4, 0.5) is 5.13 Å². The van der Waals surface area contributed by atoms with Gasteiger partial charge in [0.1, 0.15) is 9.88 Å². The third-order valence-corrected chi connectivity index (χ3v) is 6.53. The van der Waals surface area contributed by atoms with Crippen LogP contribution in [-0.2, 0) is 11.3 Å². The summed E-state index contributed by atoms with van der Waals surface area (Å²) in [6.07, 6.45) is 2.16. The molecular formula is C20H23N5O2S2. The first-order valence-electron chi connectivity index (χ1n) is 9.50. The summed E-state index contributed by atoms with van der Waals surface area (Å²) >= 11 is 2.79. The lowest BCUT2D eigenvalue weighted by Gasteiger charge is -2.34. The van der Waals surface area contributed by atoms with Crippen molar-refractivity contribution in [1.82, 2.24) is 19.9 Å². The molecule has 0 spiro atoms. The Morgan fingerprint density at radius 1 is 1.28 bits per heavy atom. The van der Waals surface area contributed by atoms with Crippen molar-refractivity contribution >= 4 is 33.7 Å². The van der Waals surface area contributed by atoms with Gasteiger partial charge in [0.25, 0.3) is 5.91 Å². The number of anilines is 1. The molecule has 2 atom stereocenters. The lowest BCUT2D eigenvalue weighted by atomic mass is 10.2. The lowest BCUT2D eigenvalue weighted by Crippen LogP contribution is -2.44. The molecule has 0 aliphatic carbocycles. The molecule has 7 nitrogen and oxygen atoms in total. The summed E-state index contributed by atoms with van der Waals surface area (Å²) < 4.78 is 5.78. The second-order valence-corrected chi connectivity index (χ2v) is 9.06. The van der Waals surface area contributed by atoms with Crippen LogP contribution in [0.3, 0.4) is 0 Å². The summed E-state index contributed by atoms with van der Waals surface area (Å²) in [4.78, 5) is 29.1. The van der Waals surface area contributed by atoms with Crippen molar-refractivity contribution in [3.63, 3.8) is 0 Å². The molecule has 1 aliphatic heterocycles. The summed E-state index contributed by atoms with van der Waals surface area (Å²) in [6, 6.07) is 5.65. The molecular weight excluding hydrogens is 406 g/mol. The Morgan fingerprint density at radius 3 is 2.79 bits per heavy atom. The maximum Gasteiger partial charge on any atom is 0.269 e. The zero-order valence-electron chi connectivity index (χ0n) is 16.6. The van der Waals surface area contributed by atoms with Crippen LogP contribution in [0.1, 0.15) is 34.9 Å². The van der Waals surface area contributed by atoms with Crippen LogP contribution in [0.15, 0.2) is 29.8 Å². The zero-order valence-corrected chi connectivity index (χ0v) is 18.2. The van der Waals surface area contributed by atoms with Crippen LogP contribution in [0.2, 0.25) is 0 Å². The third-order valence-electron chi connectivity index (χ3n) is 4.54. The van der Waals surface area contributed by atoms with Crippen LogP contribution in [0.25, 0.3) is 10.7 Å². The van der Waals surface area contributed by atoms with E-state index in [1.807, 2.05) is 30.5 Å². The molecule has 152 valence electrons. The third kappa shape index (κ3) is 4.87. The number of nitrogens with zero attached hydrogens (tertiary/aromatic N) is 4. The monoisotopic (exact) mass is 429 g/mol. The minimum atomic E-state index is -0.184. The number of thiazole rings is 2. The van der Waals surface area contributed by atoms with Gasteiger partial charge in [-0.05, 0) is 32.9 Å². The number of hydrogen-bond donors (Lipinski definition) is 1. The van der Waals surface area contributed by atoms with Crippen LogP contribution in [0, 0.1) is 6.92 Å². The van der Waals surface area contributed by atoms with Crippen molar-refractivity contribution in [1.29, 1.82) is 0 Å². The first-order valence-corrected chi connectivity index (χ1v) is 11.2. The van der Waals surface area contributed by atoms with E-state index < -0.39 is 0 Å². The van der Waals surface area contributed by atoms with Gasteiger partial charge in [-0.15, -0.1) is 22.7 Å². The lowest BCUT2D eigenvalue weighted by molar-refractivity contribution is -0.0707. The van der Waals surface area contributed by atoms with Crippen molar-refractivity contribution in [2.24, 2.45) is 0 Å². The highest BCUT2D eigenvalue weighted by Crippen LogP contribution is 2.27. The fourth-order valence-corrected chi connectivity index (χ4v) is 5.07. The van der Waals surface area contributed by atoms with Crippen LogP contribution in [0.5, 0.6) is 0 Å². The van der Waals surface area contributed by atoms with E-state index in [9.17, 15) is 4.79 Å². The van der Waals surface area contributed by atoms with Gasteiger partial charge in [-0.3, -0.25) is 20.0 Å². The van der Waals surface area contributed by atoms with E-state index in [1.54, 1.807) is 6.20 Å². The molecule has 4 heterocycles. The topological polar surface area (TPSA) is 80.2 Å². The molecule has 1 amide bonds. The van der Waals surface area contributed by atoms with E-state index in [2.05, 4.69) is 39.0 Å². The second kappa shape index (κ2) is 8.66. The number of morpholine rings is 1. The molecule has 0 radical (unpaired) electrons. The summed E-state index contributed by atoms with van der Waals surface area (Å²) in [5.41, 5.74) is 2.42. The number of aryl methyl sites for hydroxylation is 1. The maximum atomic E-state index is 12.7. The van der Waals surface area contributed by atoms with E-state index in [-0.39, 0.29) is 18.1 Å². The number of nitrogens with one attached hydrogen (secondary N) is 1. The molecule has 1 fully saturated rings. The first-order chi connectivity index (χ1) is 14.0. The molecule has 3 aromatic rings. The number of aromatic nitrogens is 3. The molecule has 0 unspecified atom stereocenters. The maximum absolute atomic E-state index is 12.7. The van der Waals surface area contributed by atoms with Gasteiger partial charge in [-0.2, -0.15) is 0 Å². The average molecular weight is 430 g/mol. The fourth-order valence-electron chi connectivity index (χ4n) is 3.44. The van der Waals surface area contributed by atoms with E-state index in [1.165, 1.54) is 22.7 Å². The van der Waals surface area contributed by atoms with Gasteiger partial charge in [0, 0.05) is 31.2 Å². The first kappa shape index (κ1) is 20.1. The molecule has 1 saturated heterocycles. The van der Waals surface area contributed by atoms with Crippen molar-refractivity contribution < 1.29 is 9.53 Å². The average Bonchev–Trinajstić information content (AvgIpc) is 3.28. The second-order valence-electron chi connectivity index (χ2n) is 7.20. The highest BCUT2D eigenvalue weighted by molar-refractivity contribution is 7.17. The number of carbonyl (C=O) groups excluding carboxylic acids is 1. The molecule has 0 aromatic carbocycles. The Hall–Kier alpha value is -2.20. The Balaban J connectivity index is 1.41. The van der Waals surface area contributed by atoms with Gasteiger partial charge < -0.3 is 4.74 Å². The van der Waals surface area contributed by atoms with E-state index >= 15 is 0 Å². The predicted octanol–water partition coefficient (Wildman–Crippen LogP) is 3.83. The smallest absolute Gasteiger partial charge is 0.269 e. The fraction of sp³-hybridized carbons (Fsp3) is 0.400. The van der Waals surface area contributed by atoms with Crippen LogP contribution < -0.4 is 5.32 Å². The number of ether oxygens (including phenoxy) is 1. The standard InChI is InChI=1S/C20H23N5O2S2/c1-12-8-25(9-13(2)27-12)10-15-11-28-20(23-15)24-18(26)17-14(3)22-19(29-17)16-6-4-5-7-21-16/h4-7,11-13H,8-10H2,1-3H3,(H,23,24,26)/t12-,13+. The molecule has 4 rings (SSSR count). The van der Waals surface area contributed by atoms with Gasteiger partial charge >= 0.3 is 0 Å². The zero-order chi connectivity index (χ0) is 20.4. The SMILES string of the molecule is Cc1nc(-c2ccccn2)sc1C(=O)Nc1nc(CN2C[C@@H](C)O[C@@H](C)C2)cs1. The Kier molecular flexibility index (Phi) is 6.00. The number of pyridine rings is 1. The van der Waals surface area contributed by atoms with Gasteiger partial charge in [0.15, 0.2) is 5.13 Å². The highest BCUT2D eigenvalue weighted by Gasteiger charge is 2.23. The van der Waals surface area contributed by atoms with Crippen molar-refractivity contribution in [2.75, 3.05) is 18.4 Å².